The van der Waals surface area contributed by atoms with Crippen molar-refractivity contribution in [2.75, 3.05) is 12.3 Å². The van der Waals surface area contributed by atoms with Gasteiger partial charge in [-0.1, -0.05) is 11.6 Å². The predicted molar refractivity (Wildman–Crippen MR) is 71.9 cm³/mol. The van der Waals surface area contributed by atoms with Gasteiger partial charge in [-0.25, -0.2) is 0 Å². The molecule has 0 aromatic carbocycles. The molecular formula is C14H19N3O. The van der Waals surface area contributed by atoms with Crippen molar-refractivity contribution in [1.82, 2.24) is 10.3 Å². The maximum atomic E-state index is 11.7. The number of nitrogens with zero attached hydrogens (tertiary/aromatic N) is 1. The molecule has 96 valence electrons. The number of carbonyl (C=O) groups is 1. The Balaban J connectivity index is 1.70. The molecule has 0 saturated heterocycles. The third-order valence-electron chi connectivity index (χ3n) is 3.09. The summed E-state index contributed by atoms with van der Waals surface area (Å²) in [5.74, 6) is 0.0193. The van der Waals surface area contributed by atoms with Crippen molar-refractivity contribution in [1.29, 1.82) is 0 Å². The van der Waals surface area contributed by atoms with Crippen LogP contribution in [0.25, 0.3) is 0 Å². The first-order valence-corrected chi connectivity index (χ1v) is 6.39. The van der Waals surface area contributed by atoms with E-state index in [9.17, 15) is 4.79 Å². The second-order valence-corrected chi connectivity index (χ2v) is 4.61. The number of allylic oxidation sites excluding steroid dienone is 1. The smallest absolute Gasteiger partial charge is 0.226 e. The molecule has 0 unspecified atom stereocenters. The zero-order valence-corrected chi connectivity index (χ0v) is 10.5. The fourth-order valence-electron chi connectivity index (χ4n) is 2.09. The van der Waals surface area contributed by atoms with Gasteiger partial charge >= 0.3 is 0 Å². The number of nitrogen functional groups attached to an aromatic ring is 1. The summed E-state index contributed by atoms with van der Waals surface area (Å²) in [5.41, 5.74) is 8.38. The Morgan fingerprint density at radius 1 is 1.44 bits per heavy atom. The number of nitrogens with two attached hydrogens (primary N) is 1. The lowest BCUT2D eigenvalue weighted by molar-refractivity contribution is -0.120. The summed E-state index contributed by atoms with van der Waals surface area (Å²) in [7, 11) is 0. The lowest BCUT2D eigenvalue weighted by atomic mass is 10.1. The minimum absolute atomic E-state index is 0.0193. The Hall–Kier alpha value is -1.84. The van der Waals surface area contributed by atoms with Crippen LogP contribution in [0.5, 0.6) is 0 Å². The second-order valence-electron chi connectivity index (χ2n) is 4.61. The zero-order valence-electron chi connectivity index (χ0n) is 10.5. The van der Waals surface area contributed by atoms with Gasteiger partial charge < -0.3 is 11.1 Å². The van der Waals surface area contributed by atoms with E-state index in [2.05, 4.69) is 16.4 Å². The zero-order chi connectivity index (χ0) is 12.8. The van der Waals surface area contributed by atoms with Gasteiger partial charge in [0.1, 0.15) is 0 Å². The second kappa shape index (κ2) is 6.19. The number of nitrogens with one attached hydrogen (secondary N) is 1. The van der Waals surface area contributed by atoms with Crippen LogP contribution in [0, 0.1) is 0 Å². The van der Waals surface area contributed by atoms with E-state index in [0.29, 0.717) is 12.1 Å². The van der Waals surface area contributed by atoms with Crippen molar-refractivity contribution in [2.24, 2.45) is 0 Å². The number of rotatable bonds is 5. The molecule has 4 nitrogen and oxygen atoms in total. The van der Waals surface area contributed by atoms with Gasteiger partial charge in [0.15, 0.2) is 0 Å². The largest absolute Gasteiger partial charge is 0.397 e. The highest BCUT2D eigenvalue weighted by molar-refractivity contribution is 5.78. The number of pyridine rings is 1. The number of anilines is 1. The first-order valence-electron chi connectivity index (χ1n) is 6.39. The average molecular weight is 245 g/mol. The Labute approximate surface area is 107 Å². The van der Waals surface area contributed by atoms with Gasteiger partial charge in [0.2, 0.25) is 5.91 Å². The fourth-order valence-corrected chi connectivity index (χ4v) is 2.09. The Morgan fingerprint density at radius 3 is 3.00 bits per heavy atom. The van der Waals surface area contributed by atoms with Crippen LogP contribution in [0.2, 0.25) is 0 Å². The van der Waals surface area contributed by atoms with E-state index < -0.39 is 0 Å². The molecule has 0 radical (unpaired) electrons. The van der Waals surface area contributed by atoms with Crippen LogP contribution in [0.4, 0.5) is 5.69 Å². The monoisotopic (exact) mass is 245 g/mol. The standard InChI is InChI=1S/C14H19N3O/c15-12-5-6-13(17-10-12)9-14(18)16-8-7-11-3-1-2-4-11/h3,5-6,10H,1-2,4,7-9,15H2,(H,16,18). The molecule has 0 saturated carbocycles. The fraction of sp³-hybridized carbons (Fsp3) is 0.429. The summed E-state index contributed by atoms with van der Waals surface area (Å²) >= 11 is 0. The molecule has 18 heavy (non-hydrogen) atoms. The number of aromatic nitrogens is 1. The summed E-state index contributed by atoms with van der Waals surface area (Å²) < 4.78 is 0. The Kier molecular flexibility index (Phi) is 4.34. The lowest BCUT2D eigenvalue weighted by Crippen LogP contribution is -2.26. The summed E-state index contributed by atoms with van der Waals surface area (Å²) in [6, 6.07) is 3.55. The van der Waals surface area contributed by atoms with Crippen molar-refractivity contribution in [3.05, 3.63) is 35.7 Å². The van der Waals surface area contributed by atoms with Crippen LogP contribution < -0.4 is 11.1 Å². The topological polar surface area (TPSA) is 68.0 Å². The molecule has 0 bridgehead atoms. The molecule has 4 heteroatoms. The quantitative estimate of drug-likeness (QED) is 0.777. The molecule has 0 spiro atoms. The molecule has 0 aliphatic heterocycles. The van der Waals surface area contributed by atoms with Crippen LogP contribution in [0.15, 0.2) is 30.0 Å². The molecule has 0 fully saturated rings. The summed E-state index contributed by atoms with van der Waals surface area (Å²) in [6.45, 7) is 0.722. The highest BCUT2D eigenvalue weighted by Crippen LogP contribution is 2.19. The van der Waals surface area contributed by atoms with Crippen LogP contribution in [-0.4, -0.2) is 17.4 Å². The predicted octanol–water partition coefficient (Wildman–Crippen LogP) is 1.82. The van der Waals surface area contributed by atoms with E-state index in [1.165, 1.54) is 24.8 Å². The maximum absolute atomic E-state index is 11.7. The Morgan fingerprint density at radius 2 is 2.33 bits per heavy atom. The molecular weight excluding hydrogens is 226 g/mol. The molecule has 3 N–H and O–H groups in total. The number of amides is 1. The van der Waals surface area contributed by atoms with Gasteiger partial charge in [0.25, 0.3) is 0 Å². The molecule has 1 aromatic rings. The van der Waals surface area contributed by atoms with E-state index >= 15 is 0 Å². The molecule has 1 aliphatic carbocycles. The highest BCUT2D eigenvalue weighted by Gasteiger charge is 2.06. The molecule has 1 aliphatic rings. The molecule has 1 heterocycles. The summed E-state index contributed by atoms with van der Waals surface area (Å²) in [4.78, 5) is 15.8. The minimum atomic E-state index is 0.0193. The third kappa shape index (κ3) is 3.87. The van der Waals surface area contributed by atoms with E-state index in [0.717, 1.165) is 18.7 Å². The van der Waals surface area contributed by atoms with Gasteiger partial charge in [-0.15, -0.1) is 0 Å². The summed E-state index contributed by atoms with van der Waals surface area (Å²) in [6.07, 6.45) is 8.80. The summed E-state index contributed by atoms with van der Waals surface area (Å²) in [5, 5.41) is 2.92. The van der Waals surface area contributed by atoms with Gasteiger partial charge in [-0.3, -0.25) is 9.78 Å². The molecule has 1 amide bonds. The van der Waals surface area contributed by atoms with Crippen molar-refractivity contribution in [3.8, 4) is 0 Å². The number of carbonyl (C=O) groups excluding carboxylic acids is 1. The molecule has 0 atom stereocenters. The van der Waals surface area contributed by atoms with Crippen LogP contribution in [-0.2, 0) is 11.2 Å². The molecule has 1 aromatic heterocycles. The van der Waals surface area contributed by atoms with Gasteiger partial charge in [0.05, 0.1) is 18.3 Å². The first kappa shape index (κ1) is 12.6. The third-order valence-corrected chi connectivity index (χ3v) is 3.09. The van der Waals surface area contributed by atoms with Crippen molar-refractivity contribution in [2.45, 2.75) is 32.1 Å². The lowest BCUT2D eigenvalue weighted by Gasteiger charge is -2.05. The minimum Gasteiger partial charge on any atom is -0.397 e. The van der Waals surface area contributed by atoms with Gasteiger partial charge in [-0.2, -0.15) is 0 Å². The number of hydrogen-bond acceptors (Lipinski definition) is 3. The average Bonchev–Trinajstić information content (AvgIpc) is 2.85. The van der Waals surface area contributed by atoms with Crippen molar-refractivity contribution >= 4 is 11.6 Å². The van der Waals surface area contributed by atoms with E-state index in [4.69, 9.17) is 5.73 Å². The SMILES string of the molecule is Nc1ccc(CC(=O)NCCC2=CCCC2)nc1. The van der Waals surface area contributed by atoms with Crippen LogP contribution in [0.3, 0.4) is 0 Å². The van der Waals surface area contributed by atoms with E-state index in [-0.39, 0.29) is 5.91 Å². The van der Waals surface area contributed by atoms with Gasteiger partial charge in [-0.05, 0) is 37.8 Å². The van der Waals surface area contributed by atoms with Crippen LogP contribution >= 0.6 is 0 Å². The normalized spacial score (nSPS) is 14.3. The molecule has 2 rings (SSSR count). The van der Waals surface area contributed by atoms with Crippen LogP contribution in [0.1, 0.15) is 31.4 Å². The first-order chi connectivity index (χ1) is 8.74. The van der Waals surface area contributed by atoms with Crippen molar-refractivity contribution in [3.63, 3.8) is 0 Å². The highest BCUT2D eigenvalue weighted by atomic mass is 16.1. The van der Waals surface area contributed by atoms with Gasteiger partial charge in [0, 0.05) is 12.2 Å². The van der Waals surface area contributed by atoms with Crippen molar-refractivity contribution < 1.29 is 4.79 Å². The van der Waals surface area contributed by atoms with E-state index in [1.807, 2.05) is 0 Å². The Bertz CT molecular complexity index is 437. The van der Waals surface area contributed by atoms with E-state index in [1.54, 1.807) is 18.3 Å². The maximum Gasteiger partial charge on any atom is 0.226 e. The number of hydrogen-bond donors (Lipinski definition) is 2.